The van der Waals surface area contributed by atoms with Gasteiger partial charge in [0, 0.05) is 30.3 Å². The van der Waals surface area contributed by atoms with Crippen LogP contribution in [0.25, 0.3) is 22.2 Å². The first-order chi connectivity index (χ1) is 16.6. The molecular weight excluding hydrogens is 432 g/mol. The number of hydrogen-bond acceptors (Lipinski definition) is 6. The highest BCUT2D eigenvalue weighted by Gasteiger charge is 2.17. The fourth-order valence-corrected chi connectivity index (χ4v) is 3.41. The molecule has 2 heterocycles. The maximum absolute atomic E-state index is 12.6. The summed E-state index contributed by atoms with van der Waals surface area (Å²) in [7, 11) is 4.89. The summed E-state index contributed by atoms with van der Waals surface area (Å²) in [5.41, 5.74) is 2.61. The van der Waals surface area contributed by atoms with Gasteiger partial charge in [0.1, 0.15) is 29.5 Å². The van der Waals surface area contributed by atoms with Gasteiger partial charge in [-0.15, -0.1) is 0 Å². The van der Waals surface area contributed by atoms with Crippen molar-refractivity contribution in [3.8, 4) is 40.3 Å². The number of fused-ring (bicyclic) bond motifs is 1. The minimum Gasteiger partial charge on any atom is -0.497 e. The standard InChI is InChI=1S/C26H24N4O4/c1-30-24(17-23(29-30)21-15-19(32-2)10-11-25(21)33-3)26(31)28-12-4-5-14-34-20-9-8-18-7-6-13-27-22(18)16-20/h6-11,13,15-17H,12,14H2,1-3H3,(H,28,31). The number of carbonyl (C=O) groups is 1. The second kappa shape index (κ2) is 10.4. The lowest BCUT2D eigenvalue weighted by Gasteiger charge is -2.08. The number of hydrogen-bond donors (Lipinski definition) is 1. The van der Waals surface area contributed by atoms with Gasteiger partial charge < -0.3 is 19.5 Å². The molecule has 0 spiro atoms. The van der Waals surface area contributed by atoms with Crippen molar-refractivity contribution >= 4 is 16.8 Å². The molecule has 0 aliphatic heterocycles. The molecule has 1 N–H and O–H groups in total. The van der Waals surface area contributed by atoms with Crippen LogP contribution in [-0.2, 0) is 7.05 Å². The zero-order valence-electron chi connectivity index (χ0n) is 19.2. The molecule has 0 saturated heterocycles. The Morgan fingerprint density at radius 3 is 2.71 bits per heavy atom. The van der Waals surface area contributed by atoms with Crippen LogP contribution in [0.15, 0.2) is 60.8 Å². The molecule has 0 aliphatic rings. The molecule has 4 aromatic rings. The molecule has 1 amide bonds. The van der Waals surface area contributed by atoms with Crippen molar-refractivity contribution in [3.63, 3.8) is 0 Å². The molecule has 0 saturated carbocycles. The van der Waals surface area contributed by atoms with Gasteiger partial charge in [-0.2, -0.15) is 5.10 Å². The van der Waals surface area contributed by atoms with E-state index in [1.54, 1.807) is 45.7 Å². The third-order valence-electron chi connectivity index (χ3n) is 5.15. The van der Waals surface area contributed by atoms with E-state index in [0.717, 1.165) is 16.5 Å². The lowest BCUT2D eigenvalue weighted by atomic mass is 10.1. The number of nitrogens with zero attached hydrogens (tertiary/aromatic N) is 3. The zero-order chi connectivity index (χ0) is 23.9. The van der Waals surface area contributed by atoms with E-state index in [-0.39, 0.29) is 19.1 Å². The number of ether oxygens (including phenoxy) is 3. The van der Waals surface area contributed by atoms with Crippen LogP contribution in [-0.4, -0.2) is 48.0 Å². The molecule has 8 heteroatoms. The highest BCUT2D eigenvalue weighted by molar-refractivity contribution is 5.94. The van der Waals surface area contributed by atoms with Crippen molar-refractivity contribution in [3.05, 3.63) is 66.5 Å². The van der Waals surface area contributed by atoms with Gasteiger partial charge in [0.15, 0.2) is 0 Å². The third-order valence-corrected chi connectivity index (χ3v) is 5.15. The van der Waals surface area contributed by atoms with E-state index < -0.39 is 0 Å². The van der Waals surface area contributed by atoms with Crippen molar-refractivity contribution in [2.45, 2.75) is 0 Å². The van der Waals surface area contributed by atoms with Crippen LogP contribution in [0.2, 0.25) is 0 Å². The number of aromatic nitrogens is 3. The molecule has 34 heavy (non-hydrogen) atoms. The Bertz CT molecular complexity index is 1380. The van der Waals surface area contributed by atoms with Gasteiger partial charge in [0.25, 0.3) is 5.91 Å². The van der Waals surface area contributed by atoms with Crippen LogP contribution in [0.5, 0.6) is 17.2 Å². The number of aryl methyl sites for hydroxylation is 1. The average molecular weight is 457 g/mol. The summed E-state index contributed by atoms with van der Waals surface area (Å²) in [4.78, 5) is 16.9. The quantitative estimate of drug-likeness (QED) is 0.429. The number of methoxy groups -OCH3 is 2. The molecule has 0 atom stereocenters. The molecule has 2 aromatic carbocycles. The molecule has 8 nitrogen and oxygen atoms in total. The molecule has 0 unspecified atom stereocenters. The molecule has 0 bridgehead atoms. The van der Waals surface area contributed by atoms with E-state index in [2.05, 4.69) is 27.2 Å². The van der Waals surface area contributed by atoms with Crippen LogP contribution in [0.3, 0.4) is 0 Å². The monoisotopic (exact) mass is 456 g/mol. The van der Waals surface area contributed by atoms with Crippen molar-refractivity contribution in [2.24, 2.45) is 7.05 Å². The van der Waals surface area contributed by atoms with Crippen LogP contribution in [0.1, 0.15) is 10.5 Å². The molecule has 0 fully saturated rings. The summed E-state index contributed by atoms with van der Waals surface area (Å²) in [6.45, 7) is 0.393. The number of amides is 1. The second-order valence-corrected chi connectivity index (χ2v) is 7.29. The zero-order valence-corrected chi connectivity index (χ0v) is 19.2. The first-order valence-electron chi connectivity index (χ1n) is 10.6. The normalized spacial score (nSPS) is 10.3. The van der Waals surface area contributed by atoms with E-state index in [9.17, 15) is 4.79 Å². The first kappa shape index (κ1) is 22.7. The fourth-order valence-electron chi connectivity index (χ4n) is 3.41. The van der Waals surface area contributed by atoms with E-state index in [1.165, 1.54) is 4.68 Å². The molecule has 4 rings (SSSR count). The lowest BCUT2D eigenvalue weighted by molar-refractivity contribution is 0.0949. The summed E-state index contributed by atoms with van der Waals surface area (Å²) >= 11 is 0. The van der Waals surface area contributed by atoms with E-state index >= 15 is 0 Å². The Labute approximate surface area is 197 Å². The Kier molecular flexibility index (Phi) is 6.94. The summed E-state index contributed by atoms with van der Waals surface area (Å²) in [6, 6.07) is 16.7. The Morgan fingerprint density at radius 1 is 1.03 bits per heavy atom. The smallest absolute Gasteiger partial charge is 0.270 e. The highest BCUT2D eigenvalue weighted by atomic mass is 16.5. The largest absolute Gasteiger partial charge is 0.497 e. The summed E-state index contributed by atoms with van der Waals surface area (Å²) < 4.78 is 17.9. The Balaban J connectivity index is 1.34. The maximum Gasteiger partial charge on any atom is 0.270 e. The minimum absolute atomic E-state index is 0.185. The van der Waals surface area contributed by atoms with E-state index in [1.807, 2.05) is 36.4 Å². The van der Waals surface area contributed by atoms with E-state index in [4.69, 9.17) is 14.2 Å². The second-order valence-electron chi connectivity index (χ2n) is 7.29. The molecule has 0 aliphatic carbocycles. The first-order valence-corrected chi connectivity index (χ1v) is 10.6. The topological polar surface area (TPSA) is 87.5 Å². The van der Waals surface area contributed by atoms with Crippen LogP contribution in [0.4, 0.5) is 0 Å². The Morgan fingerprint density at radius 2 is 1.88 bits per heavy atom. The van der Waals surface area contributed by atoms with Gasteiger partial charge in [-0.3, -0.25) is 14.5 Å². The Hall–Kier alpha value is -4.51. The maximum atomic E-state index is 12.6. The number of rotatable bonds is 7. The van der Waals surface area contributed by atoms with Gasteiger partial charge in [-0.25, -0.2) is 0 Å². The molecule has 172 valence electrons. The van der Waals surface area contributed by atoms with Gasteiger partial charge >= 0.3 is 0 Å². The number of pyridine rings is 1. The number of benzene rings is 2. The summed E-state index contributed by atoms with van der Waals surface area (Å²) in [5.74, 6) is 7.52. The van der Waals surface area contributed by atoms with Crippen molar-refractivity contribution in [1.82, 2.24) is 20.1 Å². The van der Waals surface area contributed by atoms with Crippen LogP contribution in [0, 0.1) is 11.8 Å². The number of carbonyl (C=O) groups excluding carboxylic acids is 1. The van der Waals surface area contributed by atoms with Gasteiger partial charge in [0.2, 0.25) is 0 Å². The SMILES string of the molecule is COc1ccc(OC)c(-c2cc(C(=O)NCC#CCOc3ccc4cccnc4c3)n(C)n2)c1. The predicted molar refractivity (Wildman–Crippen MR) is 129 cm³/mol. The van der Waals surface area contributed by atoms with Crippen molar-refractivity contribution < 1.29 is 19.0 Å². The fraction of sp³-hybridized carbons (Fsp3) is 0.192. The summed E-state index contributed by atoms with van der Waals surface area (Å²) in [5, 5.41) is 8.29. The van der Waals surface area contributed by atoms with Crippen molar-refractivity contribution in [1.29, 1.82) is 0 Å². The van der Waals surface area contributed by atoms with Gasteiger partial charge in [-0.1, -0.05) is 17.9 Å². The van der Waals surface area contributed by atoms with Crippen LogP contribution >= 0.6 is 0 Å². The third kappa shape index (κ3) is 5.10. The molecule has 2 aromatic heterocycles. The minimum atomic E-state index is -0.279. The lowest BCUT2D eigenvalue weighted by Crippen LogP contribution is -2.25. The molecule has 0 radical (unpaired) electrons. The van der Waals surface area contributed by atoms with Crippen LogP contribution < -0.4 is 19.5 Å². The molecular formula is C26H24N4O4. The average Bonchev–Trinajstić information content (AvgIpc) is 3.26. The number of nitrogens with one attached hydrogen (secondary N) is 1. The summed E-state index contributed by atoms with van der Waals surface area (Å²) in [6.07, 6.45) is 1.74. The predicted octanol–water partition coefficient (Wildman–Crippen LogP) is 3.46. The van der Waals surface area contributed by atoms with Crippen molar-refractivity contribution in [2.75, 3.05) is 27.4 Å². The van der Waals surface area contributed by atoms with E-state index in [0.29, 0.717) is 28.6 Å². The van der Waals surface area contributed by atoms with Gasteiger partial charge in [-0.05, 0) is 42.5 Å². The highest BCUT2D eigenvalue weighted by Crippen LogP contribution is 2.32. The van der Waals surface area contributed by atoms with Gasteiger partial charge in [0.05, 0.1) is 32.0 Å².